The van der Waals surface area contributed by atoms with Gasteiger partial charge in [-0.1, -0.05) is 30.3 Å². The molecule has 0 saturated heterocycles. The molecule has 19 heavy (non-hydrogen) atoms. The van der Waals surface area contributed by atoms with Crippen molar-refractivity contribution < 1.29 is 4.79 Å². The highest BCUT2D eigenvalue weighted by molar-refractivity contribution is 5.99. The molecule has 5 N–H and O–H groups in total. The second kappa shape index (κ2) is 5.44. The fourth-order valence-corrected chi connectivity index (χ4v) is 1.95. The van der Waals surface area contributed by atoms with Crippen molar-refractivity contribution in [3.8, 4) is 0 Å². The van der Waals surface area contributed by atoms with Gasteiger partial charge in [0, 0.05) is 17.4 Å². The first-order valence-corrected chi connectivity index (χ1v) is 6.08. The predicted octanol–water partition coefficient (Wildman–Crippen LogP) is 2.54. The number of nitrogens with two attached hydrogens (primary N) is 2. The molecule has 2 aromatic rings. The Morgan fingerprint density at radius 2 is 1.84 bits per heavy atom. The van der Waals surface area contributed by atoms with Crippen LogP contribution >= 0.6 is 0 Å². The molecule has 0 saturated carbocycles. The summed E-state index contributed by atoms with van der Waals surface area (Å²) in [5.41, 5.74) is 13.8. The van der Waals surface area contributed by atoms with E-state index in [2.05, 4.69) is 5.32 Å². The predicted molar refractivity (Wildman–Crippen MR) is 77.9 cm³/mol. The van der Waals surface area contributed by atoms with Crippen LogP contribution in [0.5, 0.6) is 0 Å². The molecule has 1 atom stereocenters. The first-order chi connectivity index (χ1) is 9.08. The van der Waals surface area contributed by atoms with Crippen LogP contribution < -0.4 is 16.8 Å². The minimum absolute atomic E-state index is 0.0722. The van der Waals surface area contributed by atoms with Crippen molar-refractivity contribution >= 4 is 17.3 Å². The van der Waals surface area contributed by atoms with Gasteiger partial charge in [-0.25, -0.2) is 0 Å². The maximum Gasteiger partial charge on any atom is 0.250 e. The number of nitrogen functional groups attached to an aromatic ring is 1. The minimum atomic E-state index is -0.491. The number of amides is 1. The Labute approximate surface area is 112 Å². The van der Waals surface area contributed by atoms with Gasteiger partial charge in [-0.2, -0.15) is 0 Å². The topological polar surface area (TPSA) is 81.1 Å². The van der Waals surface area contributed by atoms with Gasteiger partial charge in [0.2, 0.25) is 0 Å². The molecule has 1 amide bonds. The van der Waals surface area contributed by atoms with E-state index in [0.29, 0.717) is 16.9 Å². The van der Waals surface area contributed by atoms with Gasteiger partial charge in [0.1, 0.15) is 0 Å². The van der Waals surface area contributed by atoms with E-state index >= 15 is 0 Å². The van der Waals surface area contributed by atoms with Crippen molar-refractivity contribution in [1.29, 1.82) is 0 Å². The van der Waals surface area contributed by atoms with Crippen molar-refractivity contribution in [3.05, 3.63) is 59.7 Å². The smallest absolute Gasteiger partial charge is 0.250 e. The summed E-state index contributed by atoms with van der Waals surface area (Å²) in [6.07, 6.45) is 0. The number of hydrogen-bond acceptors (Lipinski definition) is 3. The molecule has 0 aliphatic heterocycles. The van der Waals surface area contributed by atoms with Crippen LogP contribution in [0.3, 0.4) is 0 Å². The van der Waals surface area contributed by atoms with Gasteiger partial charge in [0.05, 0.1) is 5.56 Å². The van der Waals surface area contributed by atoms with Crippen LogP contribution in [0.2, 0.25) is 0 Å². The number of nitrogens with one attached hydrogen (secondary N) is 1. The van der Waals surface area contributed by atoms with Gasteiger partial charge in [0.15, 0.2) is 0 Å². The average molecular weight is 255 g/mol. The molecule has 2 aromatic carbocycles. The van der Waals surface area contributed by atoms with Gasteiger partial charge in [-0.3, -0.25) is 4.79 Å². The molecule has 0 heterocycles. The third-order valence-electron chi connectivity index (χ3n) is 2.98. The number of anilines is 2. The standard InChI is InChI=1S/C15H17N3O/c1-10(11-5-3-2-4-6-11)18-14-8-7-12(16)9-13(14)15(17)19/h2-10,18H,16H2,1H3,(H2,17,19). The Hall–Kier alpha value is -2.49. The summed E-state index contributed by atoms with van der Waals surface area (Å²) in [6, 6.07) is 15.1. The Kier molecular flexibility index (Phi) is 3.71. The fourth-order valence-electron chi connectivity index (χ4n) is 1.95. The van der Waals surface area contributed by atoms with Crippen molar-refractivity contribution in [1.82, 2.24) is 0 Å². The largest absolute Gasteiger partial charge is 0.399 e. The molecule has 4 nitrogen and oxygen atoms in total. The van der Waals surface area contributed by atoms with Crippen molar-refractivity contribution in [2.75, 3.05) is 11.1 Å². The first kappa shape index (κ1) is 13.0. The van der Waals surface area contributed by atoms with Crippen LogP contribution in [-0.2, 0) is 0 Å². The van der Waals surface area contributed by atoms with E-state index in [4.69, 9.17) is 11.5 Å². The minimum Gasteiger partial charge on any atom is -0.399 e. The summed E-state index contributed by atoms with van der Waals surface area (Å²) in [4.78, 5) is 11.4. The fraction of sp³-hybridized carbons (Fsp3) is 0.133. The molecule has 2 rings (SSSR count). The molecule has 1 unspecified atom stereocenters. The zero-order chi connectivity index (χ0) is 13.8. The van der Waals surface area contributed by atoms with Crippen LogP contribution in [-0.4, -0.2) is 5.91 Å². The molecular weight excluding hydrogens is 238 g/mol. The number of carbonyl (C=O) groups is 1. The maximum absolute atomic E-state index is 11.4. The quantitative estimate of drug-likeness (QED) is 0.734. The molecule has 0 aromatic heterocycles. The van der Waals surface area contributed by atoms with Crippen LogP contribution in [0.4, 0.5) is 11.4 Å². The lowest BCUT2D eigenvalue weighted by molar-refractivity contribution is 0.100. The van der Waals surface area contributed by atoms with Gasteiger partial charge in [0.25, 0.3) is 5.91 Å². The zero-order valence-corrected chi connectivity index (χ0v) is 10.8. The van der Waals surface area contributed by atoms with E-state index in [0.717, 1.165) is 5.56 Å². The monoisotopic (exact) mass is 255 g/mol. The van der Waals surface area contributed by atoms with Crippen LogP contribution in [0.15, 0.2) is 48.5 Å². The lowest BCUT2D eigenvalue weighted by Crippen LogP contribution is -2.16. The van der Waals surface area contributed by atoms with E-state index in [-0.39, 0.29) is 6.04 Å². The SMILES string of the molecule is CC(Nc1ccc(N)cc1C(N)=O)c1ccccc1. The summed E-state index contributed by atoms with van der Waals surface area (Å²) in [6.45, 7) is 2.02. The number of hydrogen-bond donors (Lipinski definition) is 3. The van der Waals surface area contributed by atoms with Crippen molar-refractivity contribution in [2.45, 2.75) is 13.0 Å². The third kappa shape index (κ3) is 3.04. The second-order valence-corrected chi connectivity index (χ2v) is 4.45. The summed E-state index contributed by atoms with van der Waals surface area (Å²) in [7, 11) is 0. The number of primary amides is 1. The third-order valence-corrected chi connectivity index (χ3v) is 2.98. The van der Waals surface area contributed by atoms with E-state index in [1.165, 1.54) is 0 Å². The zero-order valence-electron chi connectivity index (χ0n) is 10.8. The average Bonchev–Trinajstić information content (AvgIpc) is 2.41. The lowest BCUT2D eigenvalue weighted by Gasteiger charge is -2.17. The van der Waals surface area contributed by atoms with E-state index in [9.17, 15) is 4.79 Å². The van der Waals surface area contributed by atoms with Gasteiger partial charge >= 0.3 is 0 Å². The van der Waals surface area contributed by atoms with Crippen molar-refractivity contribution in [3.63, 3.8) is 0 Å². The molecule has 0 bridgehead atoms. The highest BCUT2D eigenvalue weighted by Gasteiger charge is 2.11. The van der Waals surface area contributed by atoms with Crippen molar-refractivity contribution in [2.24, 2.45) is 5.73 Å². The molecule has 4 heteroatoms. The molecule has 0 fully saturated rings. The summed E-state index contributed by atoms with van der Waals surface area (Å²) < 4.78 is 0. The normalized spacial score (nSPS) is 11.8. The van der Waals surface area contributed by atoms with Crippen LogP contribution in [0.25, 0.3) is 0 Å². The molecule has 0 aliphatic rings. The molecule has 0 aliphatic carbocycles. The Bertz CT molecular complexity index is 581. The second-order valence-electron chi connectivity index (χ2n) is 4.45. The first-order valence-electron chi connectivity index (χ1n) is 6.08. The van der Waals surface area contributed by atoms with Gasteiger partial charge < -0.3 is 16.8 Å². The Balaban J connectivity index is 2.26. The highest BCUT2D eigenvalue weighted by atomic mass is 16.1. The molecular formula is C15H17N3O. The molecule has 0 radical (unpaired) electrons. The summed E-state index contributed by atoms with van der Waals surface area (Å²) >= 11 is 0. The number of benzene rings is 2. The number of carbonyl (C=O) groups excluding carboxylic acids is 1. The van der Waals surface area contributed by atoms with Crippen LogP contribution in [0, 0.1) is 0 Å². The van der Waals surface area contributed by atoms with Gasteiger partial charge in [-0.15, -0.1) is 0 Å². The van der Waals surface area contributed by atoms with E-state index < -0.39 is 5.91 Å². The van der Waals surface area contributed by atoms with Crippen LogP contribution in [0.1, 0.15) is 28.9 Å². The van der Waals surface area contributed by atoms with E-state index in [1.807, 2.05) is 37.3 Å². The molecule has 98 valence electrons. The van der Waals surface area contributed by atoms with Gasteiger partial charge in [-0.05, 0) is 30.7 Å². The number of rotatable bonds is 4. The molecule has 0 spiro atoms. The summed E-state index contributed by atoms with van der Waals surface area (Å²) in [5.74, 6) is -0.491. The highest BCUT2D eigenvalue weighted by Crippen LogP contribution is 2.24. The lowest BCUT2D eigenvalue weighted by atomic mass is 10.1. The summed E-state index contributed by atoms with van der Waals surface area (Å²) in [5, 5.41) is 3.28. The van der Waals surface area contributed by atoms with E-state index in [1.54, 1.807) is 18.2 Å². The Morgan fingerprint density at radius 1 is 1.16 bits per heavy atom. The maximum atomic E-state index is 11.4. The Morgan fingerprint density at radius 3 is 2.47 bits per heavy atom.